The van der Waals surface area contributed by atoms with Crippen LogP contribution in [0.3, 0.4) is 0 Å². The Balaban J connectivity index is 1.52. The van der Waals surface area contributed by atoms with Crippen LogP contribution in [0.4, 0.5) is 11.4 Å². The number of anilines is 1. The van der Waals surface area contributed by atoms with Crippen LogP contribution in [0.5, 0.6) is 11.5 Å². The standard InChI is InChI=1S/C25H24N4O4S/c1-32-19-11-12-20(21(14-19)33-2)28-23(30)15-22-24(31)29(16-18-10-6-7-13-26-18)25(34-22)27-17-8-4-3-5-9-17/h3-14,22H,15-16H2,1-2H3,(H,28,30). The second-order valence-electron chi connectivity index (χ2n) is 7.40. The molecule has 1 aromatic heterocycles. The van der Waals surface area contributed by atoms with Crippen molar-refractivity contribution in [1.82, 2.24) is 9.88 Å². The van der Waals surface area contributed by atoms with E-state index >= 15 is 0 Å². The number of aliphatic imine (C=N–C) groups is 1. The van der Waals surface area contributed by atoms with Gasteiger partial charge in [0.05, 0.1) is 37.8 Å². The second kappa shape index (κ2) is 10.8. The maximum atomic E-state index is 13.3. The Morgan fingerprint density at radius 1 is 1.09 bits per heavy atom. The highest BCUT2D eigenvalue weighted by Crippen LogP contribution is 2.34. The minimum atomic E-state index is -0.601. The minimum absolute atomic E-state index is 0.00872. The third-order valence-electron chi connectivity index (χ3n) is 5.10. The molecular weight excluding hydrogens is 452 g/mol. The smallest absolute Gasteiger partial charge is 0.243 e. The first kappa shape index (κ1) is 23.3. The van der Waals surface area contributed by atoms with Crippen LogP contribution in [0, 0.1) is 0 Å². The molecule has 8 nitrogen and oxygen atoms in total. The lowest BCUT2D eigenvalue weighted by Gasteiger charge is -2.16. The molecular formula is C25H24N4O4S. The van der Waals surface area contributed by atoms with Crippen molar-refractivity contribution in [3.05, 3.63) is 78.6 Å². The maximum absolute atomic E-state index is 13.3. The summed E-state index contributed by atoms with van der Waals surface area (Å²) in [4.78, 5) is 36.7. The average Bonchev–Trinajstić information content (AvgIpc) is 3.14. The van der Waals surface area contributed by atoms with Crippen molar-refractivity contribution in [3.8, 4) is 11.5 Å². The summed E-state index contributed by atoms with van der Waals surface area (Å²) >= 11 is 1.28. The lowest BCUT2D eigenvalue weighted by atomic mass is 10.2. The quantitative estimate of drug-likeness (QED) is 0.522. The van der Waals surface area contributed by atoms with E-state index in [2.05, 4.69) is 15.3 Å². The SMILES string of the molecule is COc1ccc(NC(=O)CC2SC(=Nc3ccccc3)N(Cc3ccccn3)C2=O)c(OC)c1. The molecule has 0 radical (unpaired) electrons. The van der Waals surface area contributed by atoms with Crippen molar-refractivity contribution >= 4 is 40.1 Å². The van der Waals surface area contributed by atoms with Gasteiger partial charge in [0.25, 0.3) is 0 Å². The predicted octanol–water partition coefficient (Wildman–Crippen LogP) is 4.26. The number of rotatable bonds is 8. The Hall–Kier alpha value is -3.85. The Bertz CT molecular complexity index is 1190. The molecule has 9 heteroatoms. The number of thioether (sulfide) groups is 1. The second-order valence-corrected chi connectivity index (χ2v) is 8.57. The maximum Gasteiger partial charge on any atom is 0.243 e. The van der Waals surface area contributed by atoms with E-state index in [9.17, 15) is 9.59 Å². The lowest BCUT2D eigenvalue weighted by Crippen LogP contribution is -2.33. The molecule has 2 amide bonds. The van der Waals surface area contributed by atoms with Crippen LogP contribution in [0.25, 0.3) is 0 Å². The van der Waals surface area contributed by atoms with E-state index in [4.69, 9.17) is 9.47 Å². The number of nitrogens with zero attached hydrogens (tertiary/aromatic N) is 3. The van der Waals surface area contributed by atoms with E-state index in [1.807, 2.05) is 48.5 Å². The van der Waals surface area contributed by atoms with Gasteiger partial charge in [0.1, 0.15) is 16.7 Å². The normalized spacial score (nSPS) is 16.5. The summed E-state index contributed by atoms with van der Waals surface area (Å²) in [6.07, 6.45) is 1.68. The molecule has 0 spiro atoms. The molecule has 1 fully saturated rings. The number of benzene rings is 2. The Kier molecular flexibility index (Phi) is 7.44. The molecule has 2 heterocycles. The number of hydrogen-bond acceptors (Lipinski definition) is 7. The van der Waals surface area contributed by atoms with Crippen LogP contribution in [0.1, 0.15) is 12.1 Å². The third-order valence-corrected chi connectivity index (χ3v) is 6.28. The zero-order chi connectivity index (χ0) is 23.9. The molecule has 0 saturated carbocycles. The highest BCUT2D eigenvalue weighted by Gasteiger charge is 2.39. The van der Waals surface area contributed by atoms with E-state index < -0.39 is 5.25 Å². The lowest BCUT2D eigenvalue weighted by molar-refractivity contribution is -0.128. The van der Waals surface area contributed by atoms with E-state index in [-0.39, 0.29) is 24.8 Å². The number of hydrogen-bond donors (Lipinski definition) is 1. The highest BCUT2D eigenvalue weighted by molar-refractivity contribution is 8.15. The Morgan fingerprint density at radius 2 is 1.88 bits per heavy atom. The fourth-order valence-corrected chi connectivity index (χ4v) is 4.57. The molecule has 1 N–H and O–H groups in total. The van der Waals surface area contributed by atoms with Gasteiger partial charge in [-0.1, -0.05) is 36.0 Å². The zero-order valence-corrected chi connectivity index (χ0v) is 19.6. The van der Waals surface area contributed by atoms with Crippen LogP contribution in [0.2, 0.25) is 0 Å². The van der Waals surface area contributed by atoms with Crippen molar-refractivity contribution in [2.45, 2.75) is 18.2 Å². The number of carbonyl (C=O) groups is 2. The van der Waals surface area contributed by atoms with Gasteiger partial charge >= 0.3 is 0 Å². The van der Waals surface area contributed by atoms with E-state index in [0.29, 0.717) is 22.4 Å². The van der Waals surface area contributed by atoms with Gasteiger partial charge in [-0.3, -0.25) is 19.5 Å². The summed E-state index contributed by atoms with van der Waals surface area (Å²) in [5, 5.41) is 2.78. The van der Waals surface area contributed by atoms with E-state index in [1.54, 1.807) is 36.4 Å². The molecule has 4 rings (SSSR count). The number of amidine groups is 1. The molecule has 3 aromatic rings. The fraction of sp³-hybridized carbons (Fsp3) is 0.200. The molecule has 1 saturated heterocycles. The first-order chi connectivity index (χ1) is 16.6. The first-order valence-corrected chi connectivity index (χ1v) is 11.5. The largest absolute Gasteiger partial charge is 0.497 e. The van der Waals surface area contributed by atoms with Gasteiger partial charge in [0, 0.05) is 18.7 Å². The van der Waals surface area contributed by atoms with Crippen molar-refractivity contribution in [2.24, 2.45) is 4.99 Å². The summed E-state index contributed by atoms with van der Waals surface area (Å²) in [5.41, 5.74) is 1.98. The van der Waals surface area contributed by atoms with Gasteiger partial charge in [-0.15, -0.1) is 0 Å². The molecule has 1 aliphatic heterocycles. The Labute approximate surface area is 202 Å². The number of aromatic nitrogens is 1. The van der Waals surface area contributed by atoms with E-state index in [1.165, 1.54) is 18.9 Å². The summed E-state index contributed by atoms with van der Waals surface area (Å²) in [6.45, 7) is 0.281. The van der Waals surface area contributed by atoms with Gasteiger partial charge in [0.15, 0.2) is 5.17 Å². The van der Waals surface area contributed by atoms with Crippen LogP contribution >= 0.6 is 11.8 Å². The molecule has 1 aliphatic rings. The third kappa shape index (κ3) is 5.55. The number of pyridine rings is 1. The first-order valence-electron chi connectivity index (χ1n) is 10.6. The number of carbonyl (C=O) groups excluding carboxylic acids is 2. The zero-order valence-electron chi connectivity index (χ0n) is 18.8. The van der Waals surface area contributed by atoms with Gasteiger partial charge in [-0.25, -0.2) is 4.99 Å². The van der Waals surface area contributed by atoms with E-state index in [0.717, 1.165) is 11.4 Å². The van der Waals surface area contributed by atoms with Crippen molar-refractivity contribution in [1.29, 1.82) is 0 Å². The van der Waals surface area contributed by atoms with Crippen molar-refractivity contribution in [2.75, 3.05) is 19.5 Å². The van der Waals surface area contributed by atoms with Crippen LogP contribution in [0.15, 0.2) is 77.9 Å². The Morgan fingerprint density at radius 3 is 2.59 bits per heavy atom. The molecule has 0 aliphatic carbocycles. The summed E-state index contributed by atoms with van der Waals surface area (Å²) in [5.74, 6) is 0.611. The van der Waals surface area contributed by atoms with Gasteiger partial charge < -0.3 is 14.8 Å². The number of ether oxygens (including phenoxy) is 2. The fourth-order valence-electron chi connectivity index (χ4n) is 3.41. The highest BCUT2D eigenvalue weighted by atomic mass is 32.2. The molecule has 2 aromatic carbocycles. The monoisotopic (exact) mass is 476 g/mol. The van der Waals surface area contributed by atoms with Gasteiger partial charge in [-0.2, -0.15) is 0 Å². The molecule has 1 atom stereocenters. The average molecular weight is 477 g/mol. The molecule has 1 unspecified atom stereocenters. The summed E-state index contributed by atoms with van der Waals surface area (Å²) < 4.78 is 10.5. The molecule has 174 valence electrons. The molecule has 0 bridgehead atoms. The summed E-state index contributed by atoms with van der Waals surface area (Å²) in [6, 6.07) is 20.1. The number of methoxy groups -OCH3 is 2. The van der Waals surface area contributed by atoms with Crippen LogP contribution < -0.4 is 14.8 Å². The molecule has 34 heavy (non-hydrogen) atoms. The van der Waals surface area contributed by atoms with Gasteiger partial charge in [0.2, 0.25) is 11.8 Å². The number of amides is 2. The minimum Gasteiger partial charge on any atom is -0.497 e. The van der Waals surface area contributed by atoms with Gasteiger partial charge in [-0.05, 0) is 36.4 Å². The van der Waals surface area contributed by atoms with Crippen molar-refractivity contribution < 1.29 is 19.1 Å². The topological polar surface area (TPSA) is 93.1 Å². The van der Waals surface area contributed by atoms with Crippen molar-refractivity contribution in [3.63, 3.8) is 0 Å². The van der Waals surface area contributed by atoms with Crippen LogP contribution in [-0.2, 0) is 16.1 Å². The number of nitrogens with one attached hydrogen (secondary N) is 1. The number of para-hydroxylation sites is 1. The predicted molar refractivity (Wildman–Crippen MR) is 132 cm³/mol. The summed E-state index contributed by atoms with van der Waals surface area (Å²) in [7, 11) is 3.07. The van der Waals surface area contributed by atoms with Crippen LogP contribution in [-0.4, -0.2) is 46.3 Å².